The van der Waals surface area contributed by atoms with Crippen molar-refractivity contribution in [2.75, 3.05) is 26.9 Å². The van der Waals surface area contributed by atoms with Crippen molar-refractivity contribution in [1.29, 1.82) is 0 Å². The summed E-state index contributed by atoms with van der Waals surface area (Å²) in [7, 11) is -2.30. The lowest BCUT2D eigenvalue weighted by Gasteiger charge is -2.29. The van der Waals surface area contributed by atoms with Crippen LogP contribution in [0.4, 0.5) is 0 Å². The minimum atomic E-state index is -3.89. The Kier molecular flexibility index (Phi) is 9.40. The lowest BCUT2D eigenvalue weighted by Crippen LogP contribution is -2.40. The van der Waals surface area contributed by atoms with Crippen molar-refractivity contribution in [1.82, 2.24) is 30.3 Å². The van der Waals surface area contributed by atoms with Gasteiger partial charge in [-0.2, -0.15) is 8.42 Å². The van der Waals surface area contributed by atoms with Crippen molar-refractivity contribution in [2.45, 2.75) is 44.0 Å². The molecule has 1 fully saturated rings. The van der Waals surface area contributed by atoms with Gasteiger partial charge in [0.15, 0.2) is 0 Å². The quantitative estimate of drug-likeness (QED) is 0.250. The van der Waals surface area contributed by atoms with Crippen LogP contribution in [0.3, 0.4) is 0 Å². The summed E-state index contributed by atoms with van der Waals surface area (Å²) in [5.41, 5.74) is 2.98. The first-order valence-corrected chi connectivity index (χ1v) is 15.0. The van der Waals surface area contributed by atoms with Crippen molar-refractivity contribution in [2.24, 2.45) is 0 Å². The number of nitrogens with one attached hydrogen (secondary N) is 1. The van der Waals surface area contributed by atoms with E-state index in [2.05, 4.69) is 25.6 Å². The second kappa shape index (κ2) is 13.4. The van der Waals surface area contributed by atoms with E-state index in [1.807, 2.05) is 31.2 Å². The molecule has 1 N–H and O–H groups in total. The summed E-state index contributed by atoms with van der Waals surface area (Å²) in [6.45, 7) is 4.46. The SMILES string of the molecule is COc1cccc(CNC(=O)c2cc(-c3cn(CC4COC(COS(=O)(=O)c5ccc(C)cc5)CO4)nn3)nc(C)n2)c1. The Labute approximate surface area is 249 Å². The van der Waals surface area contributed by atoms with Gasteiger partial charge in [-0.1, -0.05) is 35.0 Å². The van der Waals surface area contributed by atoms with Crippen LogP contribution in [0.15, 0.2) is 65.7 Å². The standard InChI is InChI=1S/C29H32N6O7S/c1-19-7-9-25(10-8-19)43(37,38)42-18-24-17-40-23(16-41-24)14-35-15-28(33-34-35)26-12-27(32-20(2)31-26)29(36)30-13-21-5-4-6-22(11-21)39-3/h4-12,15,23-24H,13-14,16-18H2,1-3H3,(H,30,36). The van der Waals surface area contributed by atoms with Gasteiger partial charge in [0.25, 0.3) is 16.0 Å². The molecule has 1 amide bonds. The van der Waals surface area contributed by atoms with E-state index in [1.165, 1.54) is 12.1 Å². The minimum Gasteiger partial charge on any atom is -0.497 e. The molecular weight excluding hydrogens is 576 g/mol. The van der Waals surface area contributed by atoms with Crippen molar-refractivity contribution in [3.8, 4) is 17.1 Å². The molecule has 2 aromatic carbocycles. The molecule has 5 rings (SSSR count). The fourth-order valence-corrected chi connectivity index (χ4v) is 5.24. The van der Waals surface area contributed by atoms with E-state index in [4.69, 9.17) is 18.4 Å². The minimum absolute atomic E-state index is 0.0922. The number of amides is 1. The fraction of sp³-hybridized carbons (Fsp3) is 0.345. The molecule has 4 aromatic rings. The zero-order chi connectivity index (χ0) is 30.4. The molecule has 3 heterocycles. The molecule has 226 valence electrons. The average Bonchev–Trinajstić information content (AvgIpc) is 3.48. The fourth-order valence-electron chi connectivity index (χ4n) is 4.31. The van der Waals surface area contributed by atoms with Crippen LogP contribution in [0.5, 0.6) is 5.75 Å². The number of methoxy groups -OCH3 is 1. The van der Waals surface area contributed by atoms with E-state index >= 15 is 0 Å². The summed E-state index contributed by atoms with van der Waals surface area (Å²) in [5, 5.41) is 11.2. The molecule has 14 heteroatoms. The van der Waals surface area contributed by atoms with E-state index in [0.29, 0.717) is 36.1 Å². The number of nitrogens with zero attached hydrogens (tertiary/aromatic N) is 5. The Morgan fingerprint density at radius 2 is 1.79 bits per heavy atom. The van der Waals surface area contributed by atoms with Crippen molar-refractivity contribution >= 4 is 16.0 Å². The van der Waals surface area contributed by atoms with Gasteiger partial charge in [-0.25, -0.2) is 14.6 Å². The van der Waals surface area contributed by atoms with Crippen LogP contribution in [0.1, 0.15) is 27.4 Å². The number of aryl methyl sites for hydroxylation is 2. The summed E-state index contributed by atoms with van der Waals surface area (Å²) >= 11 is 0. The van der Waals surface area contributed by atoms with Crippen molar-refractivity contribution in [3.63, 3.8) is 0 Å². The Bertz CT molecular complexity index is 1670. The van der Waals surface area contributed by atoms with Gasteiger partial charge < -0.3 is 19.5 Å². The number of hydrogen-bond acceptors (Lipinski definition) is 11. The highest BCUT2D eigenvalue weighted by Crippen LogP contribution is 2.18. The molecule has 0 saturated carbocycles. The van der Waals surface area contributed by atoms with Crippen LogP contribution in [0.25, 0.3) is 11.4 Å². The summed E-state index contributed by atoms with van der Waals surface area (Å²) in [4.78, 5) is 21.6. The maximum atomic E-state index is 12.8. The maximum Gasteiger partial charge on any atom is 0.297 e. The van der Waals surface area contributed by atoms with Crippen LogP contribution in [-0.2, 0) is 36.9 Å². The number of ether oxygens (including phenoxy) is 3. The normalized spacial score (nSPS) is 17.0. The summed E-state index contributed by atoms with van der Waals surface area (Å²) in [6.07, 6.45) is 0.844. The van der Waals surface area contributed by atoms with E-state index in [1.54, 1.807) is 43.1 Å². The molecule has 0 radical (unpaired) electrons. The molecule has 0 bridgehead atoms. The Hall–Kier alpha value is -4.24. The molecular formula is C29H32N6O7S. The van der Waals surface area contributed by atoms with Crippen molar-refractivity contribution < 1.29 is 31.6 Å². The molecule has 43 heavy (non-hydrogen) atoms. The highest BCUT2D eigenvalue weighted by molar-refractivity contribution is 7.86. The Morgan fingerprint density at radius 1 is 1.02 bits per heavy atom. The first kappa shape index (κ1) is 30.2. The number of rotatable bonds is 11. The topological polar surface area (TPSA) is 157 Å². The Balaban J connectivity index is 1.13. The van der Waals surface area contributed by atoms with Gasteiger partial charge in [-0.05, 0) is 49.7 Å². The predicted molar refractivity (Wildman–Crippen MR) is 154 cm³/mol. The zero-order valence-electron chi connectivity index (χ0n) is 24.0. The van der Waals surface area contributed by atoms with E-state index < -0.39 is 16.2 Å². The highest BCUT2D eigenvalue weighted by Gasteiger charge is 2.26. The summed E-state index contributed by atoms with van der Waals surface area (Å²) in [5.74, 6) is 0.776. The smallest absolute Gasteiger partial charge is 0.297 e. The van der Waals surface area contributed by atoms with Crippen molar-refractivity contribution in [3.05, 3.63) is 83.4 Å². The lowest BCUT2D eigenvalue weighted by molar-refractivity contribution is -0.146. The van der Waals surface area contributed by atoms with Gasteiger partial charge in [0.2, 0.25) is 0 Å². The number of carbonyl (C=O) groups is 1. The number of hydrogen-bond donors (Lipinski definition) is 1. The molecule has 2 atom stereocenters. The molecule has 1 aliphatic heterocycles. The first-order valence-electron chi connectivity index (χ1n) is 13.5. The molecule has 1 saturated heterocycles. The van der Waals surface area contributed by atoms with E-state index in [-0.39, 0.29) is 42.4 Å². The third-order valence-corrected chi connectivity index (χ3v) is 7.90. The highest BCUT2D eigenvalue weighted by atomic mass is 32.2. The third kappa shape index (κ3) is 7.99. The first-order chi connectivity index (χ1) is 20.7. The summed E-state index contributed by atoms with van der Waals surface area (Å²) in [6, 6.07) is 15.4. The Morgan fingerprint density at radius 3 is 2.53 bits per heavy atom. The molecule has 0 aliphatic carbocycles. The van der Waals surface area contributed by atoms with Crippen LogP contribution in [0.2, 0.25) is 0 Å². The van der Waals surface area contributed by atoms with Gasteiger partial charge in [-0.3, -0.25) is 8.98 Å². The van der Waals surface area contributed by atoms with Crippen LogP contribution >= 0.6 is 0 Å². The van der Waals surface area contributed by atoms with Crippen LogP contribution in [-0.4, -0.2) is 78.4 Å². The summed E-state index contributed by atoms with van der Waals surface area (Å²) < 4.78 is 48.5. The molecule has 2 aromatic heterocycles. The predicted octanol–water partition coefficient (Wildman–Crippen LogP) is 2.48. The number of aromatic nitrogens is 5. The van der Waals surface area contributed by atoms with E-state index in [0.717, 1.165) is 11.1 Å². The number of benzene rings is 2. The van der Waals surface area contributed by atoms with Crippen LogP contribution < -0.4 is 10.1 Å². The monoisotopic (exact) mass is 608 g/mol. The van der Waals surface area contributed by atoms with Gasteiger partial charge >= 0.3 is 0 Å². The largest absolute Gasteiger partial charge is 0.497 e. The zero-order valence-corrected chi connectivity index (χ0v) is 24.8. The molecule has 1 aliphatic rings. The number of carbonyl (C=O) groups excluding carboxylic acids is 1. The lowest BCUT2D eigenvalue weighted by atomic mass is 10.2. The van der Waals surface area contributed by atoms with Gasteiger partial charge in [0, 0.05) is 6.54 Å². The van der Waals surface area contributed by atoms with Gasteiger partial charge in [-0.15, -0.1) is 5.10 Å². The molecule has 0 spiro atoms. The van der Waals surface area contributed by atoms with Crippen LogP contribution in [0, 0.1) is 13.8 Å². The second-order valence-electron chi connectivity index (χ2n) is 10.0. The molecule has 2 unspecified atom stereocenters. The van der Waals surface area contributed by atoms with E-state index in [9.17, 15) is 13.2 Å². The molecule has 13 nitrogen and oxygen atoms in total. The third-order valence-electron chi connectivity index (χ3n) is 6.60. The maximum absolute atomic E-state index is 12.8. The van der Waals surface area contributed by atoms with Gasteiger partial charge in [0.1, 0.15) is 35.2 Å². The average molecular weight is 609 g/mol. The van der Waals surface area contributed by atoms with Gasteiger partial charge in [0.05, 0.1) is 50.3 Å². The second-order valence-corrected chi connectivity index (χ2v) is 11.6.